The normalized spacial score (nSPS) is 21.8. The van der Waals surface area contributed by atoms with Crippen LogP contribution >= 0.6 is 0 Å². The van der Waals surface area contributed by atoms with Gasteiger partial charge in [0.1, 0.15) is 12.1 Å². The van der Waals surface area contributed by atoms with Gasteiger partial charge in [-0.15, -0.1) is 0 Å². The van der Waals surface area contributed by atoms with E-state index in [1.807, 2.05) is 0 Å². The standard InChI is InChI=1S/C11H18N2O4/c1-6(2)9(11(16)17)13-5-4-8(10(13)15)12-7(3)14/h6,8-9H,4-5H2,1-3H3,(H,12,14)(H,16,17). The lowest BCUT2D eigenvalue weighted by Crippen LogP contribution is -2.49. The van der Waals surface area contributed by atoms with Gasteiger partial charge >= 0.3 is 5.97 Å². The van der Waals surface area contributed by atoms with Gasteiger partial charge in [-0.05, 0) is 12.3 Å². The first kappa shape index (κ1) is 13.5. The van der Waals surface area contributed by atoms with E-state index in [9.17, 15) is 14.4 Å². The number of hydrogen-bond acceptors (Lipinski definition) is 3. The Labute approximate surface area is 100.0 Å². The maximum atomic E-state index is 11.9. The molecular weight excluding hydrogens is 224 g/mol. The van der Waals surface area contributed by atoms with Crippen LogP contribution in [0.4, 0.5) is 0 Å². The Morgan fingerprint density at radius 2 is 2.06 bits per heavy atom. The van der Waals surface area contributed by atoms with Gasteiger partial charge in [-0.25, -0.2) is 4.79 Å². The molecule has 2 unspecified atom stereocenters. The summed E-state index contributed by atoms with van der Waals surface area (Å²) in [4.78, 5) is 35.3. The number of nitrogens with one attached hydrogen (secondary N) is 1. The number of carboxylic acids is 1. The van der Waals surface area contributed by atoms with Crippen LogP contribution in [-0.4, -0.2) is 46.4 Å². The molecule has 1 aliphatic heterocycles. The Morgan fingerprint density at radius 1 is 1.47 bits per heavy atom. The SMILES string of the molecule is CC(=O)NC1CCN(C(C(=O)O)C(C)C)C1=O. The molecule has 6 nitrogen and oxygen atoms in total. The molecular formula is C11H18N2O4. The van der Waals surface area contributed by atoms with Crippen LogP contribution in [0.15, 0.2) is 0 Å². The molecule has 17 heavy (non-hydrogen) atoms. The summed E-state index contributed by atoms with van der Waals surface area (Å²) in [6.07, 6.45) is 0.467. The molecule has 0 saturated carbocycles. The molecule has 2 N–H and O–H groups in total. The predicted octanol–water partition coefficient (Wildman–Crippen LogP) is -0.167. The molecule has 1 fully saturated rings. The van der Waals surface area contributed by atoms with Gasteiger partial charge in [-0.3, -0.25) is 9.59 Å². The number of carbonyl (C=O) groups is 3. The summed E-state index contributed by atoms with van der Waals surface area (Å²) in [6, 6.07) is -1.39. The van der Waals surface area contributed by atoms with Crippen LogP contribution in [0.3, 0.4) is 0 Å². The molecule has 2 amide bonds. The summed E-state index contributed by atoms with van der Waals surface area (Å²) in [5, 5.41) is 11.6. The molecule has 0 aromatic carbocycles. The van der Waals surface area contributed by atoms with E-state index in [4.69, 9.17) is 5.11 Å². The molecule has 0 bridgehead atoms. The van der Waals surface area contributed by atoms with E-state index < -0.39 is 18.1 Å². The van der Waals surface area contributed by atoms with Crippen LogP contribution in [0.2, 0.25) is 0 Å². The van der Waals surface area contributed by atoms with E-state index in [0.717, 1.165) is 0 Å². The second-order valence-electron chi connectivity index (χ2n) is 4.60. The van der Waals surface area contributed by atoms with Gasteiger partial charge in [0.05, 0.1) is 0 Å². The summed E-state index contributed by atoms with van der Waals surface area (Å²) in [5.74, 6) is -1.74. The Hall–Kier alpha value is -1.59. The molecule has 2 atom stereocenters. The zero-order valence-corrected chi connectivity index (χ0v) is 10.3. The van der Waals surface area contributed by atoms with Crippen molar-refractivity contribution in [2.24, 2.45) is 5.92 Å². The Kier molecular flexibility index (Phi) is 4.09. The van der Waals surface area contributed by atoms with Crippen molar-refractivity contribution < 1.29 is 19.5 Å². The molecule has 0 aromatic rings. The third-order valence-electron chi connectivity index (χ3n) is 2.84. The van der Waals surface area contributed by atoms with E-state index in [0.29, 0.717) is 13.0 Å². The number of aliphatic carboxylic acids is 1. The zero-order chi connectivity index (χ0) is 13.2. The highest BCUT2D eigenvalue weighted by molar-refractivity contribution is 5.91. The van der Waals surface area contributed by atoms with Crippen LogP contribution in [0.25, 0.3) is 0 Å². The van der Waals surface area contributed by atoms with Crippen LogP contribution < -0.4 is 5.32 Å². The fourth-order valence-electron chi connectivity index (χ4n) is 2.14. The van der Waals surface area contributed by atoms with Gasteiger partial charge in [0, 0.05) is 13.5 Å². The van der Waals surface area contributed by atoms with Crippen molar-refractivity contribution in [2.45, 2.75) is 39.3 Å². The molecule has 6 heteroatoms. The lowest BCUT2D eigenvalue weighted by atomic mass is 10.0. The third kappa shape index (κ3) is 2.95. The van der Waals surface area contributed by atoms with Crippen molar-refractivity contribution in [3.63, 3.8) is 0 Å². The van der Waals surface area contributed by atoms with Crippen molar-refractivity contribution in [1.82, 2.24) is 10.2 Å². The molecule has 96 valence electrons. The number of rotatable bonds is 4. The topological polar surface area (TPSA) is 86.7 Å². The summed E-state index contributed by atoms with van der Waals surface area (Å²) >= 11 is 0. The maximum Gasteiger partial charge on any atom is 0.326 e. The molecule has 0 radical (unpaired) electrons. The highest BCUT2D eigenvalue weighted by Gasteiger charge is 2.40. The summed E-state index contributed by atoms with van der Waals surface area (Å²) in [6.45, 7) is 5.24. The van der Waals surface area contributed by atoms with Crippen LogP contribution in [0, 0.1) is 5.92 Å². The van der Waals surface area contributed by atoms with Gasteiger partial charge < -0.3 is 15.3 Å². The third-order valence-corrected chi connectivity index (χ3v) is 2.84. The molecule has 0 aromatic heterocycles. The van der Waals surface area contributed by atoms with Gasteiger partial charge in [0.15, 0.2) is 0 Å². The summed E-state index contributed by atoms with van der Waals surface area (Å²) in [5.41, 5.74) is 0. The minimum absolute atomic E-state index is 0.160. The van der Waals surface area contributed by atoms with Gasteiger partial charge in [-0.2, -0.15) is 0 Å². The smallest absolute Gasteiger partial charge is 0.326 e. The molecule has 1 aliphatic rings. The van der Waals surface area contributed by atoms with Gasteiger partial charge in [0.2, 0.25) is 11.8 Å². The van der Waals surface area contributed by atoms with Crippen molar-refractivity contribution in [2.75, 3.05) is 6.54 Å². The number of nitrogens with zero attached hydrogens (tertiary/aromatic N) is 1. The average Bonchev–Trinajstić information content (AvgIpc) is 2.48. The highest BCUT2D eigenvalue weighted by Crippen LogP contribution is 2.19. The molecule has 1 rings (SSSR count). The number of likely N-dealkylation sites (tertiary alicyclic amines) is 1. The van der Waals surface area contributed by atoms with E-state index >= 15 is 0 Å². The Bertz CT molecular complexity index is 340. The molecule has 0 spiro atoms. The number of amides is 2. The quantitative estimate of drug-likeness (QED) is 0.716. The summed E-state index contributed by atoms with van der Waals surface area (Å²) in [7, 11) is 0. The summed E-state index contributed by atoms with van der Waals surface area (Å²) < 4.78 is 0. The second-order valence-corrected chi connectivity index (χ2v) is 4.60. The first-order valence-corrected chi connectivity index (χ1v) is 5.65. The second kappa shape index (κ2) is 5.16. The number of carbonyl (C=O) groups excluding carboxylic acids is 2. The predicted molar refractivity (Wildman–Crippen MR) is 60.2 cm³/mol. The zero-order valence-electron chi connectivity index (χ0n) is 10.3. The largest absolute Gasteiger partial charge is 0.480 e. The van der Waals surface area contributed by atoms with Crippen molar-refractivity contribution in [3.8, 4) is 0 Å². The fraction of sp³-hybridized carbons (Fsp3) is 0.727. The monoisotopic (exact) mass is 242 g/mol. The lowest BCUT2D eigenvalue weighted by molar-refractivity contribution is -0.150. The van der Waals surface area contributed by atoms with Gasteiger partial charge in [0.25, 0.3) is 0 Å². The van der Waals surface area contributed by atoms with Crippen LogP contribution in [0.1, 0.15) is 27.2 Å². The number of carboxylic acid groups (broad SMARTS) is 1. The van der Waals surface area contributed by atoms with Crippen LogP contribution in [-0.2, 0) is 14.4 Å². The maximum absolute atomic E-state index is 11.9. The first-order valence-electron chi connectivity index (χ1n) is 5.65. The van der Waals surface area contributed by atoms with E-state index in [1.165, 1.54) is 11.8 Å². The Balaban J connectivity index is 2.77. The Morgan fingerprint density at radius 3 is 2.47 bits per heavy atom. The number of hydrogen-bond donors (Lipinski definition) is 2. The van der Waals surface area contributed by atoms with E-state index in [1.54, 1.807) is 13.8 Å². The van der Waals surface area contributed by atoms with Crippen molar-refractivity contribution >= 4 is 17.8 Å². The molecule has 1 heterocycles. The van der Waals surface area contributed by atoms with E-state index in [-0.39, 0.29) is 17.7 Å². The average molecular weight is 242 g/mol. The molecule has 1 saturated heterocycles. The van der Waals surface area contributed by atoms with Crippen molar-refractivity contribution in [1.29, 1.82) is 0 Å². The van der Waals surface area contributed by atoms with Gasteiger partial charge in [-0.1, -0.05) is 13.8 Å². The highest BCUT2D eigenvalue weighted by atomic mass is 16.4. The lowest BCUT2D eigenvalue weighted by Gasteiger charge is -2.27. The van der Waals surface area contributed by atoms with Crippen molar-refractivity contribution in [3.05, 3.63) is 0 Å². The minimum atomic E-state index is -1.00. The van der Waals surface area contributed by atoms with Crippen LogP contribution in [0.5, 0.6) is 0 Å². The fourth-order valence-corrected chi connectivity index (χ4v) is 2.14. The molecule has 0 aliphatic carbocycles. The first-order chi connectivity index (χ1) is 7.84. The van der Waals surface area contributed by atoms with E-state index in [2.05, 4.69) is 5.32 Å². The minimum Gasteiger partial charge on any atom is -0.480 e.